The Hall–Kier alpha value is -1.53. The summed E-state index contributed by atoms with van der Waals surface area (Å²) in [5, 5.41) is 17.9. The largest absolute Gasteiger partial charge is 0.478 e. The maximum absolute atomic E-state index is 10.9. The zero-order chi connectivity index (χ0) is 10.7. The molecule has 0 spiro atoms. The van der Waals surface area contributed by atoms with E-state index in [0.29, 0.717) is 12.0 Å². The highest BCUT2D eigenvalue weighted by Crippen LogP contribution is 2.23. The summed E-state index contributed by atoms with van der Waals surface area (Å²) in [6, 6.07) is 4.99. The molecule has 0 fully saturated rings. The van der Waals surface area contributed by atoms with Crippen LogP contribution >= 0.6 is 11.6 Å². The Balaban J connectivity index is 3.54. The third kappa shape index (κ3) is 1.70. The molecular formula is C10H8ClNO2. The molecule has 0 aliphatic rings. The smallest absolute Gasteiger partial charge is 0.337 e. The lowest BCUT2D eigenvalue weighted by Crippen LogP contribution is -2.05. The molecule has 0 saturated heterocycles. The molecule has 0 unspecified atom stereocenters. The van der Waals surface area contributed by atoms with Crippen LogP contribution in [0.2, 0.25) is 5.02 Å². The van der Waals surface area contributed by atoms with Gasteiger partial charge in [0.2, 0.25) is 0 Å². The van der Waals surface area contributed by atoms with E-state index in [1.54, 1.807) is 12.1 Å². The van der Waals surface area contributed by atoms with Gasteiger partial charge in [0, 0.05) is 0 Å². The summed E-state index contributed by atoms with van der Waals surface area (Å²) in [5.74, 6) is -1.11. The Morgan fingerprint density at radius 1 is 1.64 bits per heavy atom. The van der Waals surface area contributed by atoms with Crippen LogP contribution in [0.15, 0.2) is 12.1 Å². The number of benzene rings is 1. The molecule has 0 amide bonds. The van der Waals surface area contributed by atoms with Crippen LogP contribution in [0.3, 0.4) is 0 Å². The van der Waals surface area contributed by atoms with E-state index < -0.39 is 5.97 Å². The quantitative estimate of drug-likeness (QED) is 0.814. The van der Waals surface area contributed by atoms with Gasteiger partial charge in [-0.05, 0) is 18.1 Å². The lowest BCUT2D eigenvalue weighted by molar-refractivity contribution is 0.0695. The molecule has 1 aromatic rings. The number of hydrogen-bond acceptors (Lipinski definition) is 2. The molecule has 0 aliphatic carbocycles. The molecule has 0 radical (unpaired) electrons. The van der Waals surface area contributed by atoms with E-state index >= 15 is 0 Å². The Morgan fingerprint density at radius 2 is 2.29 bits per heavy atom. The molecule has 0 heterocycles. The van der Waals surface area contributed by atoms with E-state index in [9.17, 15) is 4.79 Å². The molecule has 0 aromatic heterocycles. The van der Waals surface area contributed by atoms with Crippen molar-refractivity contribution in [2.24, 2.45) is 0 Å². The van der Waals surface area contributed by atoms with E-state index in [4.69, 9.17) is 22.0 Å². The fourth-order valence-electron chi connectivity index (χ4n) is 1.27. The van der Waals surface area contributed by atoms with Crippen molar-refractivity contribution < 1.29 is 9.90 Å². The van der Waals surface area contributed by atoms with E-state index in [0.717, 1.165) is 0 Å². The number of carboxylic acid groups (broad SMARTS) is 1. The maximum atomic E-state index is 10.9. The zero-order valence-electron chi connectivity index (χ0n) is 7.54. The third-order valence-corrected chi connectivity index (χ3v) is 2.26. The van der Waals surface area contributed by atoms with Gasteiger partial charge < -0.3 is 5.11 Å². The summed E-state index contributed by atoms with van der Waals surface area (Å²) >= 11 is 5.72. The number of nitrogens with zero attached hydrogens (tertiary/aromatic N) is 1. The Labute approximate surface area is 86.5 Å². The second-order valence-corrected chi connectivity index (χ2v) is 3.13. The van der Waals surface area contributed by atoms with Crippen molar-refractivity contribution >= 4 is 17.6 Å². The van der Waals surface area contributed by atoms with Gasteiger partial charge >= 0.3 is 5.97 Å². The number of aromatic carboxylic acids is 1. The van der Waals surface area contributed by atoms with Crippen LogP contribution in [0.5, 0.6) is 0 Å². The van der Waals surface area contributed by atoms with Crippen LogP contribution in [-0.4, -0.2) is 11.1 Å². The van der Waals surface area contributed by atoms with Gasteiger partial charge in [-0.3, -0.25) is 0 Å². The molecule has 1 aromatic carbocycles. The average molecular weight is 210 g/mol. The van der Waals surface area contributed by atoms with E-state index in [1.165, 1.54) is 0 Å². The van der Waals surface area contributed by atoms with Crippen molar-refractivity contribution in [2.45, 2.75) is 13.3 Å². The monoisotopic (exact) mass is 209 g/mol. The Bertz CT molecular complexity index is 421. The van der Waals surface area contributed by atoms with E-state index in [-0.39, 0.29) is 16.1 Å². The van der Waals surface area contributed by atoms with Crippen molar-refractivity contribution in [3.05, 3.63) is 33.8 Å². The topological polar surface area (TPSA) is 61.1 Å². The van der Waals surface area contributed by atoms with Gasteiger partial charge in [-0.25, -0.2) is 4.79 Å². The number of rotatable bonds is 2. The van der Waals surface area contributed by atoms with Crippen molar-refractivity contribution in [2.75, 3.05) is 0 Å². The number of halogens is 1. The Kier molecular flexibility index (Phi) is 3.10. The highest BCUT2D eigenvalue weighted by atomic mass is 35.5. The predicted molar refractivity (Wildman–Crippen MR) is 52.5 cm³/mol. The molecule has 0 aliphatic heterocycles. The van der Waals surface area contributed by atoms with Gasteiger partial charge in [0.15, 0.2) is 0 Å². The molecule has 3 nitrogen and oxygen atoms in total. The summed E-state index contributed by atoms with van der Waals surface area (Å²) in [5.41, 5.74) is 0.680. The molecule has 1 rings (SSSR count). The highest BCUT2D eigenvalue weighted by molar-refractivity contribution is 6.32. The van der Waals surface area contributed by atoms with Gasteiger partial charge in [0.1, 0.15) is 6.07 Å². The first-order valence-electron chi connectivity index (χ1n) is 4.06. The SMILES string of the molecule is CCc1ccc(Cl)c(C#N)c1C(=O)O. The summed E-state index contributed by atoms with van der Waals surface area (Å²) in [6.07, 6.45) is 0.563. The van der Waals surface area contributed by atoms with Gasteiger partial charge in [0.05, 0.1) is 16.1 Å². The van der Waals surface area contributed by atoms with Gasteiger partial charge in [-0.15, -0.1) is 0 Å². The number of aryl methyl sites for hydroxylation is 1. The molecule has 0 bridgehead atoms. The van der Waals surface area contributed by atoms with Crippen molar-refractivity contribution in [1.82, 2.24) is 0 Å². The van der Waals surface area contributed by atoms with Crippen molar-refractivity contribution in [1.29, 1.82) is 5.26 Å². The molecule has 14 heavy (non-hydrogen) atoms. The molecule has 1 N–H and O–H groups in total. The zero-order valence-corrected chi connectivity index (χ0v) is 8.30. The van der Waals surface area contributed by atoms with Crippen LogP contribution in [0, 0.1) is 11.3 Å². The standard InChI is InChI=1S/C10H8ClNO2/c1-2-6-3-4-8(11)7(5-12)9(6)10(13)14/h3-4H,2H2,1H3,(H,13,14). The van der Waals surface area contributed by atoms with Crippen LogP contribution in [0.4, 0.5) is 0 Å². The third-order valence-electron chi connectivity index (χ3n) is 1.95. The minimum Gasteiger partial charge on any atom is -0.478 e. The highest BCUT2D eigenvalue weighted by Gasteiger charge is 2.17. The predicted octanol–water partition coefficient (Wildman–Crippen LogP) is 2.47. The summed E-state index contributed by atoms with van der Waals surface area (Å²) in [6.45, 7) is 1.83. The molecule has 0 saturated carbocycles. The van der Waals surface area contributed by atoms with Crippen LogP contribution < -0.4 is 0 Å². The fourth-order valence-corrected chi connectivity index (χ4v) is 1.47. The maximum Gasteiger partial charge on any atom is 0.337 e. The fraction of sp³-hybridized carbons (Fsp3) is 0.200. The normalized spacial score (nSPS) is 9.50. The average Bonchev–Trinajstić information content (AvgIpc) is 2.17. The minimum atomic E-state index is -1.11. The van der Waals surface area contributed by atoms with Crippen LogP contribution in [0.1, 0.15) is 28.4 Å². The summed E-state index contributed by atoms with van der Waals surface area (Å²) < 4.78 is 0. The molecule has 0 atom stereocenters. The molecule has 72 valence electrons. The van der Waals surface area contributed by atoms with E-state index in [1.807, 2.05) is 13.0 Å². The first kappa shape index (κ1) is 10.6. The first-order valence-corrected chi connectivity index (χ1v) is 4.44. The number of carbonyl (C=O) groups is 1. The van der Waals surface area contributed by atoms with Crippen molar-refractivity contribution in [3.63, 3.8) is 0 Å². The number of hydrogen-bond donors (Lipinski definition) is 1. The minimum absolute atomic E-state index is 0.0162. The van der Waals surface area contributed by atoms with Gasteiger partial charge in [-0.2, -0.15) is 5.26 Å². The molecular weight excluding hydrogens is 202 g/mol. The number of nitriles is 1. The summed E-state index contributed by atoms with van der Waals surface area (Å²) in [4.78, 5) is 10.9. The van der Waals surface area contributed by atoms with E-state index in [2.05, 4.69) is 0 Å². The molecule has 4 heteroatoms. The summed E-state index contributed by atoms with van der Waals surface area (Å²) in [7, 11) is 0. The van der Waals surface area contributed by atoms with Gasteiger partial charge in [0.25, 0.3) is 0 Å². The van der Waals surface area contributed by atoms with Crippen LogP contribution in [0.25, 0.3) is 0 Å². The lowest BCUT2D eigenvalue weighted by atomic mass is 10.00. The first-order chi connectivity index (χ1) is 6.61. The lowest BCUT2D eigenvalue weighted by Gasteiger charge is -2.06. The van der Waals surface area contributed by atoms with Crippen molar-refractivity contribution in [3.8, 4) is 6.07 Å². The Morgan fingerprint density at radius 3 is 2.71 bits per heavy atom. The number of carboxylic acids is 1. The second kappa shape index (κ2) is 4.12. The second-order valence-electron chi connectivity index (χ2n) is 2.73. The van der Waals surface area contributed by atoms with Crippen LogP contribution in [-0.2, 0) is 6.42 Å². The van der Waals surface area contributed by atoms with Gasteiger partial charge in [-0.1, -0.05) is 24.6 Å².